The number of rotatable bonds is 9. The Morgan fingerprint density at radius 2 is 1.95 bits per heavy atom. The highest BCUT2D eigenvalue weighted by Crippen LogP contribution is 2.34. The number of nitrogens with one attached hydrogen (secondary N) is 1. The molecule has 0 spiro atoms. The Kier molecular flexibility index (Phi) is 8.00. The van der Waals surface area contributed by atoms with E-state index in [4.69, 9.17) is 19.3 Å². The molecule has 1 atom stereocenters. The van der Waals surface area contributed by atoms with E-state index in [-0.39, 0.29) is 18.3 Å². The minimum atomic E-state index is -0.559. The Balaban J connectivity index is 1.42. The van der Waals surface area contributed by atoms with Gasteiger partial charge in [0, 0.05) is 23.6 Å². The Morgan fingerprint density at radius 3 is 2.69 bits per heavy atom. The predicted molar refractivity (Wildman–Crippen MR) is 145 cm³/mol. The molecule has 5 rings (SSSR count). The van der Waals surface area contributed by atoms with Crippen LogP contribution in [0.4, 0.5) is 10.5 Å². The number of carbonyl (C=O) groups is 2. The lowest BCUT2D eigenvalue weighted by Gasteiger charge is -2.30. The van der Waals surface area contributed by atoms with E-state index in [0.29, 0.717) is 34.9 Å². The highest BCUT2D eigenvalue weighted by Gasteiger charge is 2.32. The monoisotopic (exact) mass is 529 g/mol. The quantitative estimate of drug-likeness (QED) is 0.405. The Labute approximate surface area is 227 Å². The summed E-state index contributed by atoms with van der Waals surface area (Å²) in [5.74, 6) is 0.900. The van der Waals surface area contributed by atoms with E-state index < -0.39 is 18.1 Å². The SMILES string of the molecule is CCC1OC(=O)N(Cc2ccccc2NC(=O)c2cnccn2)N=C1c1ccc(OC)c(OC2CCCC2)c1. The molecule has 2 aromatic carbocycles. The molecule has 0 saturated heterocycles. The van der Waals surface area contributed by atoms with Gasteiger partial charge < -0.3 is 19.5 Å². The first-order valence-corrected chi connectivity index (χ1v) is 13.1. The van der Waals surface area contributed by atoms with Crippen molar-refractivity contribution in [3.8, 4) is 11.5 Å². The van der Waals surface area contributed by atoms with E-state index in [9.17, 15) is 9.59 Å². The molecule has 10 nitrogen and oxygen atoms in total. The minimum absolute atomic E-state index is 0.0945. The Hall–Kier alpha value is -4.47. The summed E-state index contributed by atoms with van der Waals surface area (Å²) in [5.41, 5.74) is 2.82. The van der Waals surface area contributed by atoms with Crippen molar-refractivity contribution in [3.63, 3.8) is 0 Å². The Bertz CT molecular complexity index is 1360. The maximum absolute atomic E-state index is 12.9. The molecule has 1 unspecified atom stereocenters. The van der Waals surface area contributed by atoms with Crippen molar-refractivity contribution in [1.29, 1.82) is 0 Å². The van der Waals surface area contributed by atoms with Crippen molar-refractivity contribution in [3.05, 3.63) is 77.9 Å². The van der Waals surface area contributed by atoms with Gasteiger partial charge in [0.25, 0.3) is 5.91 Å². The van der Waals surface area contributed by atoms with Gasteiger partial charge in [0.05, 0.1) is 26.0 Å². The number of aromatic nitrogens is 2. The first-order valence-electron chi connectivity index (χ1n) is 13.1. The zero-order valence-electron chi connectivity index (χ0n) is 22.0. The second-order valence-electron chi connectivity index (χ2n) is 9.42. The molecule has 1 N–H and O–H groups in total. The lowest BCUT2D eigenvalue weighted by Crippen LogP contribution is -2.41. The highest BCUT2D eigenvalue weighted by molar-refractivity contribution is 6.06. The summed E-state index contributed by atoms with van der Waals surface area (Å²) in [6.45, 7) is 2.04. The first kappa shape index (κ1) is 26.1. The largest absolute Gasteiger partial charge is 0.493 e. The number of hydrazone groups is 1. The standard InChI is InChI=1S/C29H31N5O5/c1-3-24-27(19-12-13-25(37-2)26(16-19)38-21-9-5-6-10-21)33-34(29(36)39-24)18-20-8-4-7-11-22(20)32-28(35)23-17-30-14-15-31-23/h4,7-8,11-17,21,24H,3,5-6,9-10,18H2,1-2H3,(H,32,35). The first-order chi connectivity index (χ1) is 19.1. The van der Waals surface area contributed by atoms with Crippen LogP contribution in [0.3, 0.4) is 0 Å². The number of ether oxygens (including phenoxy) is 3. The highest BCUT2D eigenvalue weighted by atomic mass is 16.6. The fraction of sp³-hybridized carbons (Fsp3) is 0.345. The van der Waals surface area contributed by atoms with E-state index >= 15 is 0 Å². The van der Waals surface area contributed by atoms with Gasteiger partial charge in [0.2, 0.25) is 0 Å². The summed E-state index contributed by atoms with van der Waals surface area (Å²) in [6, 6.07) is 12.9. The molecule has 0 bridgehead atoms. The number of nitrogens with zero attached hydrogens (tertiary/aromatic N) is 4. The molecule has 1 aromatic heterocycles. The van der Waals surface area contributed by atoms with Crippen molar-refractivity contribution in [2.45, 2.75) is 57.8 Å². The topological polar surface area (TPSA) is 115 Å². The van der Waals surface area contributed by atoms with Crippen LogP contribution in [0.5, 0.6) is 11.5 Å². The molecule has 0 radical (unpaired) electrons. The number of amides is 2. The molecule has 39 heavy (non-hydrogen) atoms. The molecule has 3 aromatic rings. The summed E-state index contributed by atoms with van der Waals surface area (Å²) in [6.07, 6.45) is 8.35. The van der Waals surface area contributed by atoms with Crippen LogP contribution in [0.1, 0.15) is 60.6 Å². The van der Waals surface area contributed by atoms with Gasteiger partial charge in [-0.3, -0.25) is 9.78 Å². The second kappa shape index (κ2) is 11.9. The number of para-hydroxylation sites is 1. The van der Waals surface area contributed by atoms with Gasteiger partial charge in [-0.1, -0.05) is 25.1 Å². The normalized spacial score (nSPS) is 17.4. The third kappa shape index (κ3) is 6.00. The smallest absolute Gasteiger partial charge is 0.431 e. The van der Waals surface area contributed by atoms with E-state index in [1.54, 1.807) is 19.2 Å². The number of carbonyl (C=O) groups excluding carboxylic acids is 2. The van der Waals surface area contributed by atoms with Crippen LogP contribution in [0, 0.1) is 0 Å². The molecule has 2 amide bonds. The number of benzene rings is 2. The van der Waals surface area contributed by atoms with Gasteiger partial charge in [-0.15, -0.1) is 0 Å². The third-order valence-corrected chi connectivity index (χ3v) is 6.79. The summed E-state index contributed by atoms with van der Waals surface area (Å²) in [7, 11) is 1.62. The molecular weight excluding hydrogens is 498 g/mol. The van der Waals surface area contributed by atoms with Crippen LogP contribution in [0.25, 0.3) is 0 Å². The van der Waals surface area contributed by atoms with Gasteiger partial charge in [-0.05, 0) is 61.9 Å². The number of hydrogen-bond acceptors (Lipinski definition) is 8. The van der Waals surface area contributed by atoms with Gasteiger partial charge in [0.15, 0.2) is 11.5 Å². The number of hydrogen-bond donors (Lipinski definition) is 1. The fourth-order valence-corrected chi connectivity index (χ4v) is 4.75. The fourth-order valence-electron chi connectivity index (χ4n) is 4.75. The Morgan fingerprint density at radius 1 is 1.13 bits per heavy atom. The second-order valence-corrected chi connectivity index (χ2v) is 9.42. The van der Waals surface area contributed by atoms with E-state index in [1.807, 2.05) is 37.3 Å². The van der Waals surface area contributed by atoms with Crippen LogP contribution in [0.2, 0.25) is 0 Å². The van der Waals surface area contributed by atoms with Crippen molar-refractivity contribution < 1.29 is 23.8 Å². The van der Waals surface area contributed by atoms with Gasteiger partial charge >= 0.3 is 6.09 Å². The number of cyclic esters (lactones) is 1. The van der Waals surface area contributed by atoms with Crippen molar-refractivity contribution in [2.75, 3.05) is 12.4 Å². The molecule has 1 saturated carbocycles. The van der Waals surface area contributed by atoms with Crippen LogP contribution in [-0.2, 0) is 11.3 Å². The summed E-state index contributed by atoms with van der Waals surface area (Å²) < 4.78 is 17.6. The summed E-state index contributed by atoms with van der Waals surface area (Å²) in [4.78, 5) is 33.6. The van der Waals surface area contributed by atoms with E-state index in [2.05, 4.69) is 15.3 Å². The van der Waals surface area contributed by atoms with Crippen LogP contribution in [0.15, 0.2) is 66.2 Å². The van der Waals surface area contributed by atoms with Crippen molar-refractivity contribution in [1.82, 2.24) is 15.0 Å². The van der Waals surface area contributed by atoms with Crippen LogP contribution >= 0.6 is 0 Å². The van der Waals surface area contributed by atoms with E-state index in [1.165, 1.54) is 23.6 Å². The molecule has 1 aliphatic carbocycles. The number of anilines is 1. The van der Waals surface area contributed by atoms with Crippen LogP contribution < -0.4 is 14.8 Å². The van der Waals surface area contributed by atoms with Gasteiger partial charge in [-0.25, -0.2) is 9.78 Å². The average molecular weight is 530 g/mol. The zero-order chi connectivity index (χ0) is 27.2. The molecule has 1 aliphatic heterocycles. The predicted octanol–water partition coefficient (Wildman–Crippen LogP) is 5.19. The van der Waals surface area contributed by atoms with E-state index in [0.717, 1.165) is 31.2 Å². The third-order valence-electron chi connectivity index (χ3n) is 6.79. The molecule has 10 heteroatoms. The van der Waals surface area contributed by atoms with Gasteiger partial charge in [-0.2, -0.15) is 10.1 Å². The lowest BCUT2D eigenvalue weighted by atomic mass is 10.0. The molecule has 1 fully saturated rings. The molecule has 202 valence electrons. The maximum Gasteiger partial charge on any atom is 0.431 e. The summed E-state index contributed by atoms with van der Waals surface area (Å²) >= 11 is 0. The van der Waals surface area contributed by atoms with Crippen molar-refractivity contribution in [2.24, 2.45) is 5.10 Å². The van der Waals surface area contributed by atoms with Crippen LogP contribution in [-0.4, -0.2) is 52.0 Å². The molecule has 2 aliphatic rings. The summed E-state index contributed by atoms with van der Waals surface area (Å²) in [5, 5.41) is 8.86. The lowest BCUT2D eigenvalue weighted by molar-refractivity contribution is 0.0713. The number of methoxy groups -OCH3 is 1. The molecular formula is C29H31N5O5. The minimum Gasteiger partial charge on any atom is -0.493 e. The molecule has 2 heterocycles. The van der Waals surface area contributed by atoms with Crippen molar-refractivity contribution >= 4 is 23.4 Å². The maximum atomic E-state index is 12.9. The average Bonchev–Trinajstić information content (AvgIpc) is 3.48. The zero-order valence-corrected chi connectivity index (χ0v) is 22.0. The van der Waals surface area contributed by atoms with Gasteiger partial charge in [0.1, 0.15) is 17.5 Å².